The van der Waals surface area contributed by atoms with Gasteiger partial charge in [-0.25, -0.2) is 0 Å². The molecule has 0 saturated heterocycles. The van der Waals surface area contributed by atoms with Gasteiger partial charge in [-0.2, -0.15) is 13.2 Å². The number of hydrogen-bond acceptors (Lipinski definition) is 4. The number of carbonyl (C=O) groups excluding carboxylic acids is 1. The van der Waals surface area contributed by atoms with Gasteiger partial charge in [0.1, 0.15) is 5.01 Å². The number of aromatic nitrogens is 2. The highest BCUT2D eigenvalue weighted by atomic mass is 32.1. The van der Waals surface area contributed by atoms with Crippen molar-refractivity contribution < 1.29 is 18.0 Å². The molecule has 0 spiro atoms. The molecule has 126 valence electrons. The second-order valence-corrected chi connectivity index (χ2v) is 6.62. The standard InChI is InChI=1S/C16H14F3N3OS/c1-9(10-4-6-12(7-5-10)16(17,18)19)8-13(23)20-15-22-21-14(24-15)11-2-3-11/h4-8,11H,2-3H2,1H3,(H,20,22,23). The first-order valence-electron chi connectivity index (χ1n) is 7.33. The summed E-state index contributed by atoms with van der Waals surface area (Å²) >= 11 is 1.35. The predicted molar refractivity (Wildman–Crippen MR) is 85.6 cm³/mol. The number of anilines is 1. The highest BCUT2D eigenvalue weighted by Gasteiger charge is 2.30. The highest BCUT2D eigenvalue weighted by molar-refractivity contribution is 7.15. The zero-order valence-electron chi connectivity index (χ0n) is 12.7. The summed E-state index contributed by atoms with van der Waals surface area (Å²) in [5.41, 5.74) is 0.396. The SMILES string of the molecule is CC(=CC(=O)Nc1nnc(C2CC2)s1)c1ccc(C(F)(F)F)cc1. The van der Waals surface area contributed by atoms with Crippen molar-refractivity contribution in [3.8, 4) is 0 Å². The third-order valence-corrected chi connectivity index (χ3v) is 4.61. The van der Waals surface area contributed by atoms with Crippen molar-refractivity contribution in [2.45, 2.75) is 31.9 Å². The third-order valence-electron chi connectivity index (χ3n) is 3.61. The molecule has 1 N–H and O–H groups in total. The molecule has 1 aromatic carbocycles. The third kappa shape index (κ3) is 4.00. The molecule has 8 heteroatoms. The maximum Gasteiger partial charge on any atom is 0.416 e. The van der Waals surface area contributed by atoms with Crippen LogP contribution in [-0.2, 0) is 11.0 Å². The second kappa shape index (κ2) is 6.35. The highest BCUT2D eigenvalue weighted by Crippen LogP contribution is 2.42. The van der Waals surface area contributed by atoms with Gasteiger partial charge in [0.05, 0.1) is 5.56 Å². The molecule has 0 radical (unpaired) electrons. The van der Waals surface area contributed by atoms with Gasteiger partial charge in [0.2, 0.25) is 11.0 Å². The van der Waals surface area contributed by atoms with E-state index in [0.717, 1.165) is 30.0 Å². The monoisotopic (exact) mass is 353 g/mol. The minimum Gasteiger partial charge on any atom is -0.297 e. The molecule has 1 aromatic heterocycles. The Morgan fingerprint density at radius 2 is 1.92 bits per heavy atom. The second-order valence-electron chi connectivity index (χ2n) is 5.61. The molecular formula is C16H14F3N3OS. The van der Waals surface area contributed by atoms with Crippen LogP contribution in [0.15, 0.2) is 30.3 Å². The van der Waals surface area contributed by atoms with Crippen molar-refractivity contribution >= 4 is 27.9 Å². The number of nitrogens with zero attached hydrogens (tertiary/aromatic N) is 2. The van der Waals surface area contributed by atoms with Crippen LogP contribution in [0.4, 0.5) is 18.3 Å². The average Bonchev–Trinajstić information content (AvgIpc) is 3.27. The van der Waals surface area contributed by atoms with Crippen molar-refractivity contribution in [1.29, 1.82) is 0 Å². The molecule has 0 bridgehead atoms. The summed E-state index contributed by atoms with van der Waals surface area (Å²) in [5.74, 6) is 0.0865. The van der Waals surface area contributed by atoms with Crippen molar-refractivity contribution in [1.82, 2.24) is 10.2 Å². The number of alkyl halides is 3. The van der Waals surface area contributed by atoms with Gasteiger partial charge in [0, 0.05) is 12.0 Å². The van der Waals surface area contributed by atoms with Crippen LogP contribution in [-0.4, -0.2) is 16.1 Å². The van der Waals surface area contributed by atoms with Crippen LogP contribution < -0.4 is 5.32 Å². The van der Waals surface area contributed by atoms with E-state index in [0.29, 0.717) is 22.2 Å². The van der Waals surface area contributed by atoms with Gasteiger partial charge < -0.3 is 0 Å². The molecule has 4 nitrogen and oxygen atoms in total. The van der Waals surface area contributed by atoms with Gasteiger partial charge >= 0.3 is 6.18 Å². The zero-order chi connectivity index (χ0) is 17.3. The Kier molecular flexibility index (Phi) is 4.40. The van der Waals surface area contributed by atoms with Gasteiger partial charge in [-0.15, -0.1) is 10.2 Å². The van der Waals surface area contributed by atoms with Crippen molar-refractivity contribution in [2.24, 2.45) is 0 Å². The number of allylic oxidation sites excluding steroid dienone is 1. The molecule has 1 aliphatic rings. The fraction of sp³-hybridized carbons (Fsp3) is 0.312. The van der Waals surface area contributed by atoms with Crippen LogP contribution in [0, 0.1) is 0 Å². The first kappa shape index (κ1) is 16.6. The fourth-order valence-corrected chi connectivity index (χ4v) is 3.04. The quantitative estimate of drug-likeness (QED) is 0.825. The van der Waals surface area contributed by atoms with E-state index in [1.807, 2.05) is 0 Å². The summed E-state index contributed by atoms with van der Waals surface area (Å²) < 4.78 is 37.6. The number of amides is 1. The topological polar surface area (TPSA) is 54.9 Å². The van der Waals surface area contributed by atoms with E-state index in [2.05, 4.69) is 15.5 Å². The van der Waals surface area contributed by atoms with Crippen LogP contribution in [0.25, 0.3) is 5.57 Å². The number of nitrogens with one attached hydrogen (secondary N) is 1. The van der Waals surface area contributed by atoms with E-state index in [-0.39, 0.29) is 5.91 Å². The summed E-state index contributed by atoms with van der Waals surface area (Å²) in [6.07, 6.45) is -0.823. The Balaban J connectivity index is 1.66. The minimum atomic E-state index is -4.37. The molecule has 1 fully saturated rings. The van der Waals surface area contributed by atoms with E-state index in [1.54, 1.807) is 6.92 Å². The molecule has 1 aliphatic carbocycles. The molecule has 1 amide bonds. The average molecular weight is 353 g/mol. The van der Waals surface area contributed by atoms with E-state index < -0.39 is 11.7 Å². The maximum atomic E-state index is 12.5. The number of hydrogen-bond donors (Lipinski definition) is 1. The molecule has 1 heterocycles. The Morgan fingerprint density at radius 3 is 2.50 bits per heavy atom. The Hall–Kier alpha value is -2.22. The minimum absolute atomic E-state index is 0.383. The van der Waals surface area contributed by atoms with Crippen molar-refractivity contribution in [2.75, 3.05) is 5.32 Å². The van der Waals surface area contributed by atoms with Gasteiger partial charge in [0.15, 0.2) is 0 Å². The summed E-state index contributed by atoms with van der Waals surface area (Å²) in [6, 6.07) is 4.69. The number of carbonyl (C=O) groups is 1. The van der Waals surface area contributed by atoms with Crippen molar-refractivity contribution in [3.05, 3.63) is 46.5 Å². The summed E-state index contributed by atoms with van der Waals surface area (Å²) in [4.78, 5) is 12.0. The molecule has 2 aromatic rings. The Morgan fingerprint density at radius 1 is 1.25 bits per heavy atom. The summed E-state index contributed by atoms with van der Waals surface area (Å²) in [5, 5.41) is 11.9. The molecule has 3 rings (SSSR count). The molecular weight excluding hydrogens is 339 g/mol. The summed E-state index contributed by atoms with van der Waals surface area (Å²) in [6.45, 7) is 1.66. The fourth-order valence-electron chi connectivity index (χ4n) is 2.12. The Labute approximate surface area is 140 Å². The van der Waals surface area contributed by atoms with Crippen LogP contribution >= 0.6 is 11.3 Å². The van der Waals surface area contributed by atoms with E-state index >= 15 is 0 Å². The predicted octanol–water partition coefficient (Wildman–Crippen LogP) is 4.48. The van der Waals surface area contributed by atoms with Crippen LogP contribution in [0.2, 0.25) is 0 Å². The normalized spacial score (nSPS) is 15.4. The van der Waals surface area contributed by atoms with Crippen LogP contribution in [0.3, 0.4) is 0 Å². The van der Waals surface area contributed by atoms with E-state index in [4.69, 9.17) is 0 Å². The number of rotatable bonds is 4. The Bertz CT molecular complexity index is 777. The lowest BCUT2D eigenvalue weighted by Gasteiger charge is -2.07. The molecule has 1 saturated carbocycles. The smallest absolute Gasteiger partial charge is 0.297 e. The zero-order valence-corrected chi connectivity index (χ0v) is 13.5. The largest absolute Gasteiger partial charge is 0.416 e. The number of benzene rings is 1. The first-order valence-corrected chi connectivity index (χ1v) is 8.15. The van der Waals surface area contributed by atoms with Crippen molar-refractivity contribution in [3.63, 3.8) is 0 Å². The molecule has 0 unspecified atom stereocenters. The van der Waals surface area contributed by atoms with E-state index in [9.17, 15) is 18.0 Å². The molecule has 24 heavy (non-hydrogen) atoms. The van der Waals surface area contributed by atoms with Gasteiger partial charge in [0.25, 0.3) is 0 Å². The van der Waals surface area contributed by atoms with Gasteiger partial charge in [-0.05, 0) is 43.0 Å². The lowest BCUT2D eigenvalue weighted by molar-refractivity contribution is -0.137. The molecule has 0 aliphatic heterocycles. The first-order chi connectivity index (χ1) is 11.3. The lowest BCUT2D eigenvalue weighted by atomic mass is 10.0. The maximum absolute atomic E-state index is 12.5. The van der Waals surface area contributed by atoms with Gasteiger partial charge in [-0.3, -0.25) is 10.1 Å². The number of halogens is 3. The van der Waals surface area contributed by atoms with Crippen LogP contribution in [0.1, 0.15) is 41.8 Å². The van der Waals surface area contributed by atoms with E-state index in [1.165, 1.54) is 29.5 Å². The van der Waals surface area contributed by atoms with Crippen LogP contribution in [0.5, 0.6) is 0 Å². The van der Waals surface area contributed by atoms with Gasteiger partial charge in [-0.1, -0.05) is 23.5 Å². The lowest BCUT2D eigenvalue weighted by Crippen LogP contribution is -2.08. The molecule has 0 atom stereocenters. The summed E-state index contributed by atoms with van der Waals surface area (Å²) in [7, 11) is 0.